The molecule has 0 radical (unpaired) electrons. The summed E-state index contributed by atoms with van der Waals surface area (Å²) >= 11 is 0. The van der Waals surface area contributed by atoms with Gasteiger partial charge in [-0.05, 0) is 48.9 Å². The summed E-state index contributed by atoms with van der Waals surface area (Å²) in [6, 6.07) is 12.9. The summed E-state index contributed by atoms with van der Waals surface area (Å²) in [4.78, 5) is 12.1. The molecule has 0 bridgehead atoms. The van der Waals surface area contributed by atoms with Gasteiger partial charge in [0.1, 0.15) is 24.7 Å². The first kappa shape index (κ1) is 19.8. The number of ether oxygens (including phenoxy) is 3. The number of hydrogen-bond acceptors (Lipinski definition) is 6. The second-order valence-corrected chi connectivity index (χ2v) is 7.62. The zero-order chi connectivity index (χ0) is 19.0. The molecule has 0 N–H and O–H groups in total. The van der Waals surface area contributed by atoms with Gasteiger partial charge in [-0.1, -0.05) is 13.0 Å². The van der Waals surface area contributed by atoms with Crippen LogP contribution in [0.25, 0.3) is 0 Å². The molecule has 0 aliphatic carbocycles. The monoisotopic (exact) mass is 378 g/mol. The smallest absolute Gasteiger partial charge is 0.338 e. The quantitative estimate of drug-likeness (QED) is 0.493. The van der Waals surface area contributed by atoms with E-state index in [0.29, 0.717) is 12.4 Å². The average molecular weight is 378 g/mol. The summed E-state index contributed by atoms with van der Waals surface area (Å²) in [6.45, 7) is 2.94. The van der Waals surface area contributed by atoms with E-state index in [-0.39, 0.29) is 23.7 Å². The van der Waals surface area contributed by atoms with Gasteiger partial charge in [0, 0.05) is 6.26 Å². The maximum Gasteiger partial charge on any atom is 0.338 e. The molecule has 26 heavy (non-hydrogen) atoms. The van der Waals surface area contributed by atoms with Crippen molar-refractivity contribution in [2.45, 2.75) is 18.2 Å². The minimum absolute atomic E-state index is 0.0516. The lowest BCUT2D eigenvalue weighted by Gasteiger charge is -2.09. The fourth-order valence-corrected chi connectivity index (χ4v) is 2.75. The van der Waals surface area contributed by atoms with E-state index >= 15 is 0 Å². The molecule has 2 aromatic rings. The van der Waals surface area contributed by atoms with Gasteiger partial charge < -0.3 is 14.2 Å². The number of carbonyl (C=O) groups excluding carboxylic acids is 1. The van der Waals surface area contributed by atoms with Crippen LogP contribution in [0.2, 0.25) is 0 Å². The van der Waals surface area contributed by atoms with E-state index in [1.54, 1.807) is 12.1 Å². The minimum atomic E-state index is -3.37. The maximum atomic E-state index is 12.0. The molecule has 2 rings (SSSR count). The number of hydrogen-bond donors (Lipinski definition) is 0. The SMILES string of the molecule is CCCOc1ccc(OCCOC(=O)c2cccc(S(C)(=O)=O)c2)cc1. The van der Waals surface area contributed by atoms with Crippen molar-refractivity contribution in [2.75, 3.05) is 26.1 Å². The molecule has 0 aliphatic heterocycles. The van der Waals surface area contributed by atoms with E-state index in [1.807, 2.05) is 19.1 Å². The predicted molar refractivity (Wildman–Crippen MR) is 97.6 cm³/mol. The van der Waals surface area contributed by atoms with Gasteiger partial charge in [0.2, 0.25) is 0 Å². The van der Waals surface area contributed by atoms with Gasteiger partial charge in [0.15, 0.2) is 9.84 Å². The van der Waals surface area contributed by atoms with Gasteiger partial charge in [-0.3, -0.25) is 0 Å². The lowest BCUT2D eigenvalue weighted by atomic mass is 10.2. The summed E-state index contributed by atoms with van der Waals surface area (Å²) in [6.07, 6.45) is 2.03. The number of rotatable bonds is 9. The van der Waals surface area contributed by atoms with Gasteiger partial charge in [0.05, 0.1) is 17.1 Å². The largest absolute Gasteiger partial charge is 0.494 e. The van der Waals surface area contributed by atoms with E-state index in [9.17, 15) is 13.2 Å². The second kappa shape index (κ2) is 9.24. The highest BCUT2D eigenvalue weighted by Gasteiger charge is 2.12. The number of carbonyl (C=O) groups is 1. The molecule has 0 unspecified atom stereocenters. The fraction of sp³-hybridized carbons (Fsp3) is 0.316. The summed E-state index contributed by atoms with van der Waals surface area (Å²) in [5, 5.41) is 0. The predicted octanol–water partition coefficient (Wildman–Crippen LogP) is 3.11. The zero-order valence-electron chi connectivity index (χ0n) is 14.8. The normalized spacial score (nSPS) is 11.0. The summed E-state index contributed by atoms with van der Waals surface area (Å²) in [5.74, 6) is 0.822. The molecule has 0 heterocycles. The molecule has 0 aliphatic rings. The molecule has 0 saturated carbocycles. The molecular weight excluding hydrogens is 356 g/mol. The Kier molecular flexibility index (Phi) is 7.03. The van der Waals surface area contributed by atoms with Crippen molar-refractivity contribution in [3.63, 3.8) is 0 Å². The van der Waals surface area contributed by atoms with Gasteiger partial charge >= 0.3 is 5.97 Å². The van der Waals surface area contributed by atoms with Crippen LogP contribution in [0.5, 0.6) is 11.5 Å². The van der Waals surface area contributed by atoms with Crippen LogP contribution < -0.4 is 9.47 Å². The van der Waals surface area contributed by atoms with Crippen molar-refractivity contribution in [2.24, 2.45) is 0 Å². The Bertz CT molecular complexity index is 827. The van der Waals surface area contributed by atoms with Crippen LogP contribution in [0.15, 0.2) is 53.4 Å². The fourth-order valence-electron chi connectivity index (χ4n) is 2.08. The van der Waals surface area contributed by atoms with Crippen molar-refractivity contribution in [1.82, 2.24) is 0 Å². The topological polar surface area (TPSA) is 78.9 Å². The Labute approximate surface area is 153 Å². The molecule has 7 heteroatoms. The van der Waals surface area contributed by atoms with Crippen molar-refractivity contribution in [1.29, 1.82) is 0 Å². The molecule has 6 nitrogen and oxygen atoms in total. The lowest BCUT2D eigenvalue weighted by Crippen LogP contribution is -2.13. The van der Waals surface area contributed by atoms with Crippen molar-refractivity contribution in [3.05, 3.63) is 54.1 Å². The highest BCUT2D eigenvalue weighted by molar-refractivity contribution is 7.90. The standard InChI is InChI=1S/C19H22O6S/c1-3-11-23-16-7-9-17(10-8-16)24-12-13-25-19(20)15-5-4-6-18(14-15)26(2,21)22/h4-10,14H,3,11-13H2,1-2H3. The van der Waals surface area contributed by atoms with Crippen molar-refractivity contribution < 1.29 is 27.4 Å². The Morgan fingerprint density at radius 1 is 0.923 bits per heavy atom. The van der Waals surface area contributed by atoms with Gasteiger partial charge in [-0.2, -0.15) is 0 Å². The number of esters is 1. The van der Waals surface area contributed by atoms with E-state index in [4.69, 9.17) is 14.2 Å². The van der Waals surface area contributed by atoms with Crippen molar-refractivity contribution in [3.8, 4) is 11.5 Å². The first-order chi connectivity index (χ1) is 12.4. The van der Waals surface area contributed by atoms with E-state index < -0.39 is 15.8 Å². The number of benzene rings is 2. The number of sulfone groups is 1. The van der Waals surface area contributed by atoms with E-state index in [1.165, 1.54) is 24.3 Å². The molecule has 140 valence electrons. The van der Waals surface area contributed by atoms with Gasteiger partial charge in [-0.15, -0.1) is 0 Å². The summed E-state index contributed by atoms with van der Waals surface area (Å²) in [5.41, 5.74) is 0.186. The Hall–Kier alpha value is -2.54. The van der Waals surface area contributed by atoms with Crippen LogP contribution in [0, 0.1) is 0 Å². The van der Waals surface area contributed by atoms with Gasteiger partial charge in [-0.25, -0.2) is 13.2 Å². The Balaban J connectivity index is 1.80. The molecule has 0 fully saturated rings. The second-order valence-electron chi connectivity index (χ2n) is 5.60. The van der Waals surface area contributed by atoms with Crippen LogP contribution in [-0.4, -0.2) is 40.5 Å². The molecule has 0 aromatic heterocycles. The van der Waals surface area contributed by atoms with E-state index in [2.05, 4.69) is 0 Å². The Morgan fingerprint density at radius 3 is 2.12 bits per heavy atom. The molecule has 0 amide bonds. The first-order valence-corrected chi connectivity index (χ1v) is 10.1. The summed E-state index contributed by atoms with van der Waals surface area (Å²) in [7, 11) is -3.37. The van der Waals surface area contributed by atoms with Crippen LogP contribution in [0.3, 0.4) is 0 Å². The minimum Gasteiger partial charge on any atom is -0.494 e. The molecule has 2 aromatic carbocycles. The third kappa shape index (κ3) is 6.07. The average Bonchev–Trinajstić information content (AvgIpc) is 2.63. The highest BCUT2D eigenvalue weighted by Crippen LogP contribution is 2.18. The molecule has 0 atom stereocenters. The van der Waals surface area contributed by atoms with Crippen molar-refractivity contribution >= 4 is 15.8 Å². The Morgan fingerprint density at radius 2 is 1.54 bits per heavy atom. The maximum absolute atomic E-state index is 12.0. The third-order valence-corrected chi connectivity index (χ3v) is 4.49. The van der Waals surface area contributed by atoms with E-state index in [0.717, 1.165) is 18.4 Å². The lowest BCUT2D eigenvalue weighted by molar-refractivity contribution is 0.0450. The third-order valence-electron chi connectivity index (χ3n) is 3.38. The van der Waals surface area contributed by atoms with Crippen LogP contribution in [-0.2, 0) is 14.6 Å². The highest BCUT2D eigenvalue weighted by atomic mass is 32.2. The molecular formula is C19H22O6S. The zero-order valence-corrected chi connectivity index (χ0v) is 15.6. The summed E-state index contributed by atoms with van der Waals surface area (Å²) < 4.78 is 39.1. The first-order valence-electron chi connectivity index (χ1n) is 8.23. The molecule has 0 spiro atoms. The van der Waals surface area contributed by atoms with Crippen LogP contribution in [0.1, 0.15) is 23.7 Å². The molecule has 0 saturated heterocycles. The van der Waals surface area contributed by atoms with Crippen LogP contribution in [0.4, 0.5) is 0 Å². The van der Waals surface area contributed by atoms with Gasteiger partial charge in [0.25, 0.3) is 0 Å². The van der Waals surface area contributed by atoms with Crippen LogP contribution >= 0.6 is 0 Å².